The monoisotopic (exact) mass is 908 g/mol. The van der Waals surface area contributed by atoms with E-state index in [0.717, 1.165) is 33.2 Å². The molecule has 0 atom stereocenters. The number of anilines is 6. The van der Waals surface area contributed by atoms with Crippen molar-refractivity contribution >= 4 is 66.0 Å². The summed E-state index contributed by atoms with van der Waals surface area (Å²) in [5, 5.41) is 0. The quantitative estimate of drug-likeness (QED) is 0.0704. The summed E-state index contributed by atoms with van der Waals surface area (Å²) in [6, 6.07) is 50.4. The lowest BCUT2D eigenvalue weighted by Crippen LogP contribution is -2.26. The molecule has 0 radical (unpaired) electrons. The van der Waals surface area contributed by atoms with Gasteiger partial charge in [0.2, 0.25) is 0 Å². The molecule has 2 nitrogen and oxygen atoms in total. The van der Waals surface area contributed by atoms with Crippen LogP contribution in [-0.4, -0.2) is 0 Å². The van der Waals surface area contributed by atoms with Gasteiger partial charge in [0.15, 0.2) is 0 Å². The molecule has 0 fully saturated rings. The zero-order valence-electron chi connectivity index (χ0n) is 35.8. The summed E-state index contributed by atoms with van der Waals surface area (Å²) in [5.74, 6) is 0. The summed E-state index contributed by atoms with van der Waals surface area (Å²) in [6.45, 7) is 8.99. The molecule has 0 bridgehead atoms. The van der Waals surface area contributed by atoms with Crippen LogP contribution in [0.3, 0.4) is 0 Å². The lowest BCUT2D eigenvalue weighted by atomic mass is 9.70. The Morgan fingerprint density at radius 1 is 0.373 bits per heavy atom. The highest BCUT2D eigenvalue weighted by atomic mass is 79.9. The van der Waals surface area contributed by atoms with Crippen molar-refractivity contribution in [1.82, 2.24) is 0 Å². The molecular weight excluding hydrogens is 848 g/mol. The third-order valence-corrected chi connectivity index (χ3v) is 13.6. The van der Waals surface area contributed by atoms with Crippen LogP contribution in [0.5, 0.6) is 0 Å². The first kappa shape index (κ1) is 43.0. The van der Waals surface area contributed by atoms with Gasteiger partial charge in [-0.1, -0.05) is 170 Å². The van der Waals surface area contributed by atoms with Crippen molar-refractivity contribution in [3.63, 3.8) is 0 Å². The summed E-state index contributed by atoms with van der Waals surface area (Å²) in [7, 11) is 0. The minimum atomic E-state index is -0.0937. The van der Waals surface area contributed by atoms with E-state index in [0.29, 0.717) is 0 Å². The lowest BCUT2D eigenvalue weighted by Gasteiger charge is -2.35. The molecule has 59 heavy (non-hydrogen) atoms. The van der Waals surface area contributed by atoms with Gasteiger partial charge < -0.3 is 9.80 Å². The fourth-order valence-corrected chi connectivity index (χ4v) is 9.82. The first-order valence-corrected chi connectivity index (χ1v) is 23.9. The molecule has 0 saturated heterocycles. The van der Waals surface area contributed by atoms with Crippen LogP contribution in [0.25, 0.3) is 11.1 Å². The van der Waals surface area contributed by atoms with Crippen LogP contribution in [0.1, 0.15) is 126 Å². The molecule has 6 aromatic rings. The van der Waals surface area contributed by atoms with E-state index in [9.17, 15) is 0 Å². The molecule has 0 spiro atoms. The van der Waals surface area contributed by atoms with E-state index in [2.05, 4.69) is 203 Å². The third kappa shape index (κ3) is 10.1. The molecular formula is C55H62Br2N2. The van der Waals surface area contributed by atoms with Crippen molar-refractivity contribution < 1.29 is 0 Å². The second-order valence-electron chi connectivity index (χ2n) is 16.9. The van der Waals surface area contributed by atoms with Gasteiger partial charge in [-0.25, -0.2) is 0 Å². The van der Waals surface area contributed by atoms with Crippen LogP contribution >= 0.6 is 31.9 Å². The van der Waals surface area contributed by atoms with Crippen LogP contribution in [-0.2, 0) is 5.41 Å². The van der Waals surface area contributed by atoms with E-state index in [1.54, 1.807) is 0 Å². The van der Waals surface area contributed by atoms with Gasteiger partial charge in [0.25, 0.3) is 0 Å². The Morgan fingerprint density at radius 2 is 0.678 bits per heavy atom. The summed E-state index contributed by atoms with van der Waals surface area (Å²) >= 11 is 7.40. The normalized spacial score (nSPS) is 12.6. The van der Waals surface area contributed by atoms with Crippen LogP contribution in [0.4, 0.5) is 34.1 Å². The molecule has 0 aromatic heterocycles. The zero-order chi connectivity index (χ0) is 41.2. The predicted molar refractivity (Wildman–Crippen MR) is 263 cm³/mol. The largest absolute Gasteiger partial charge is 0.310 e. The molecule has 0 amide bonds. The van der Waals surface area contributed by atoms with Gasteiger partial charge in [0.05, 0.1) is 0 Å². The molecule has 0 N–H and O–H groups in total. The second kappa shape index (κ2) is 20.4. The van der Waals surface area contributed by atoms with Crippen molar-refractivity contribution in [2.24, 2.45) is 0 Å². The highest BCUT2D eigenvalue weighted by Crippen LogP contribution is 2.57. The van der Waals surface area contributed by atoms with Crippen LogP contribution in [0, 0.1) is 13.8 Å². The Bertz CT molecular complexity index is 1990. The number of aryl methyl sites for hydroxylation is 2. The van der Waals surface area contributed by atoms with Gasteiger partial charge in [0.1, 0.15) is 0 Å². The van der Waals surface area contributed by atoms with Crippen molar-refractivity contribution in [1.29, 1.82) is 0 Å². The van der Waals surface area contributed by atoms with Crippen LogP contribution in [0.15, 0.2) is 142 Å². The summed E-state index contributed by atoms with van der Waals surface area (Å²) in [6.07, 6.45) is 17.9. The second-order valence-corrected chi connectivity index (χ2v) is 18.7. The minimum Gasteiger partial charge on any atom is -0.310 e. The minimum absolute atomic E-state index is 0.0937. The first-order valence-electron chi connectivity index (χ1n) is 22.4. The van der Waals surface area contributed by atoms with E-state index >= 15 is 0 Å². The van der Waals surface area contributed by atoms with E-state index in [4.69, 9.17) is 0 Å². The van der Waals surface area contributed by atoms with E-state index in [1.165, 1.54) is 133 Å². The zero-order valence-corrected chi connectivity index (χ0v) is 38.9. The maximum Gasteiger partial charge on any atom is 0.0465 e. The lowest BCUT2D eigenvalue weighted by molar-refractivity contribution is 0.398. The van der Waals surface area contributed by atoms with Gasteiger partial charge in [-0.15, -0.1) is 0 Å². The fourth-order valence-electron chi connectivity index (χ4n) is 9.29. The number of unbranched alkanes of at least 4 members (excludes halogenated alkanes) is 10. The highest BCUT2D eigenvalue weighted by molar-refractivity contribution is 9.10. The molecule has 1 aliphatic carbocycles. The summed E-state index contributed by atoms with van der Waals surface area (Å²) in [4.78, 5) is 4.90. The van der Waals surface area contributed by atoms with Gasteiger partial charge in [-0.05, 0) is 146 Å². The van der Waals surface area contributed by atoms with Gasteiger partial charge in [0, 0.05) is 48.5 Å². The Balaban J connectivity index is 1.39. The number of hydrogen-bond donors (Lipinski definition) is 0. The van der Waals surface area contributed by atoms with Gasteiger partial charge in [-0.2, -0.15) is 0 Å². The molecule has 4 heteroatoms. The topological polar surface area (TPSA) is 6.48 Å². The average molecular weight is 911 g/mol. The predicted octanol–water partition coefficient (Wildman–Crippen LogP) is 18.5. The number of hydrogen-bond acceptors (Lipinski definition) is 2. The first-order chi connectivity index (χ1) is 28.8. The third-order valence-electron chi connectivity index (χ3n) is 12.5. The number of fused-ring (bicyclic) bond motifs is 3. The molecule has 1 aliphatic rings. The SMILES string of the molecule is CCCCCCCCC1(CCCCCCCC)c2cc(N(c3ccc(C)cc3)c3ccc(C)cc3)ccc2-c2ccc(N(c3ccc(Br)cc3)c3ccc(Br)cc3)cc21. The standard InChI is InChI=1S/C55H62Br2N2/c1-5-7-9-11-13-15-37-55(38-16-14-12-10-8-6-2)53-39-49(58(45-25-17-41(3)18-26-45)46-27-19-42(4)20-28-46)33-35-51(53)52-36-34-50(40-54(52)55)59(47-29-21-43(56)22-30-47)48-31-23-44(57)24-32-48/h17-36,39-40H,5-16,37-38H2,1-4H3. The number of nitrogens with zero attached hydrogens (tertiary/aromatic N) is 2. The number of rotatable bonds is 20. The number of benzene rings is 6. The van der Waals surface area contributed by atoms with Crippen molar-refractivity contribution in [3.8, 4) is 11.1 Å². The fraction of sp³-hybridized carbons (Fsp3) is 0.345. The van der Waals surface area contributed by atoms with Gasteiger partial charge >= 0.3 is 0 Å². The maximum atomic E-state index is 3.70. The maximum absolute atomic E-state index is 3.70. The Morgan fingerprint density at radius 3 is 1.03 bits per heavy atom. The van der Waals surface area contributed by atoms with Crippen molar-refractivity contribution in [2.45, 2.75) is 123 Å². The smallest absolute Gasteiger partial charge is 0.0465 e. The van der Waals surface area contributed by atoms with Crippen molar-refractivity contribution in [3.05, 3.63) is 165 Å². The Labute approximate surface area is 372 Å². The van der Waals surface area contributed by atoms with E-state index in [-0.39, 0.29) is 5.41 Å². The molecule has 6 aromatic carbocycles. The van der Waals surface area contributed by atoms with Crippen LogP contribution in [0.2, 0.25) is 0 Å². The Hall–Kier alpha value is -4.12. The Kier molecular flexibility index (Phi) is 14.9. The van der Waals surface area contributed by atoms with Crippen molar-refractivity contribution in [2.75, 3.05) is 9.80 Å². The van der Waals surface area contributed by atoms with E-state index in [1.807, 2.05) is 0 Å². The highest BCUT2D eigenvalue weighted by Gasteiger charge is 2.43. The summed E-state index contributed by atoms with van der Waals surface area (Å²) in [5.41, 5.74) is 15.4. The summed E-state index contributed by atoms with van der Waals surface area (Å²) < 4.78 is 2.17. The molecule has 306 valence electrons. The molecule has 0 heterocycles. The van der Waals surface area contributed by atoms with Gasteiger partial charge in [-0.3, -0.25) is 0 Å². The number of halogens is 2. The van der Waals surface area contributed by atoms with E-state index < -0.39 is 0 Å². The van der Waals surface area contributed by atoms with Crippen LogP contribution < -0.4 is 9.80 Å². The molecule has 0 aliphatic heterocycles. The molecule has 7 rings (SSSR count). The molecule has 0 unspecified atom stereocenters. The molecule has 0 saturated carbocycles. The average Bonchev–Trinajstić information content (AvgIpc) is 3.51.